The number of nitrogens with zero attached hydrogens (tertiary/aromatic N) is 1. The molecule has 5 nitrogen and oxygen atoms in total. The number of anilines is 2. The van der Waals surface area contributed by atoms with Crippen molar-refractivity contribution >= 4 is 28.9 Å². The zero-order valence-corrected chi connectivity index (χ0v) is 19.0. The number of carbonyl (C=O) groups excluding carboxylic acids is 1. The number of benzene rings is 1. The van der Waals surface area contributed by atoms with E-state index < -0.39 is 0 Å². The van der Waals surface area contributed by atoms with E-state index in [4.69, 9.17) is 16.3 Å². The Morgan fingerprint density at radius 1 is 1.10 bits per heavy atom. The first-order chi connectivity index (χ1) is 13.8. The maximum Gasteiger partial charge on any atom is 0.245 e. The molecule has 2 N–H and O–H groups in total. The molecule has 158 valence electrons. The molecule has 29 heavy (non-hydrogen) atoms. The van der Waals surface area contributed by atoms with Gasteiger partial charge in [0.05, 0.1) is 5.69 Å². The Kier molecular flexibility index (Phi) is 8.32. The Morgan fingerprint density at radius 3 is 2.28 bits per heavy atom. The molecule has 0 fully saturated rings. The first kappa shape index (κ1) is 23.0. The van der Waals surface area contributed by atoms with Crippen molar-refractivity contribution in [3.05, 3.63) is 40.6 Å². The van der Waals surface area contributed by atoms with Gasteiger partial charge in [-0.25, -0.2) is 4.98 Å². The summed E-state index contributed by atoms with van der Waals surface area (Å²) < 4.78 is 6.28. The Bertz CT molecular complexity index is 840. The molecule has 1 aromatic carbocycles. The molecule has 1 heterocycles. The number of pyridine rings is 1. The standard InChI is InChI=1S/C23H32ClN3O2/c1-7-18(8-2)26-19-13-17(6)25-23(21(19)27-20(28)9-10-24)29-22-15(4)11-14(3)12-16(22)5/h11-13,18H,7-10H2,1-6H3,(H,25,26)(H,27,28). The van der Waals surface area contributed by atoms with Gasteiger partial charge in [-0.1, -0.05) is 31.5 Å². The average molecular weight is 418 g/mol. The molecule has 0 unspecified atom stereocenters. The van der Waals surface area contributed by atoms with Crippen LogP contribution in [0.25, 0.3) is 0 Å². The van der Waals surface area contributed by atoms with E-state index in [0.717, 1.165) is 41.1 Å². The van der Waals surface area contributed by atoms with Crippen LogP contribution in [0, 0.1) is 27.7 Å². The van der Waals surface area contributed by atoms with Gasteiger partial charge in [-0.3, -0.25) is 4.79 Å². The Labute approximate surface area is 179 Å². The molecule has 0 saturated heterocycles. The summed E-state index contributed by atoms with van der Waals surface area (Å²) >= 11 is 5.76. The highest BCUT2D eigenvalue weighted by Crippen LogP contribution is 2.38. The third-order valence-electron chi connectivity index (χ3n) is 4.85. The smallest absolute Gasteiger partial charge is 0.245 e. The van der Waals surface area contributed by atoms with E-state index in [9.17, 15) is 4.79 Å². The predicted molar refractivity (Wildman–Crippen MR) is 122 cm³/mol. The minimum Gasteiger partial charge on any atom is -0.436 e. The number of halogens is 1. The summed E-state index contributed by atoms with van der Waals surface area (Å²) in [4.78, 5) is 16.9. The van der Waals surface area contributed by atoms with Gasteiger partial charge < -0.3 is 15.4 Å². The van der Waals surface area contributed by atoms with Gasteiger partial charge in [0.2, 0.25) is 11.8 Å². The van der Waals surface area contributed by atoms with Crippen LogP contribution >= 0.6 is 11.6 Å². The second kappa shape index (κ2) is 10.5. The lowest BCUT2D eigenvalue weighted by molar-refractivity contribution is -0.115. The summed E-state index contributed by atoms with van der Waals surface area (Å²) in [5.41, 5.74) is 5.41. The number of carbonyl (C=O) groups is 1. The van der Waals surface area contributed by atoms with Gasteiger partial charge in [0, 0.05) is 24.0 Å². The molecule has 0 aliphatic carbocycles. The molecule has 0 atom stereocenters. The summed E-state index contributed by atoms with van der Waals surface area (Å²) in [7, 11) is 0. The number of aryl methyl sites for hydroxylation is 4. The average Bonchev–Trinajstić information content (AvgIpc) is 2.65. The topological polar surface area (TPSA) is 63.3 Å². The summed E-state index contributed by atoms with van der Waals surface area (Å²) in [6.45, 7) is 12.3. The fraction of sp³-hybridized carbons (Fsp3) is 0.478. The number of amides is 1. The van der Waals surface area contributed by atoms with Crippen LogP contribution in [-0.4, -0.2) is 22.8 Å². The maximum atomic E-state index is 12.4. The Hall–Kier alpha value is -2.27. The van der Waals surface area contributed by atoms with E-state index >= 15 is 0 Å². The molecular weight excluding hydrogens is 386 g/mol. The van der Waals surface area contributed by atoms with Crippen LogP contribution in [0.15, 0.2) is 18.2 Å². The van der Waals surface area contributed by atoms with E-state index in [1.807, 2.05) is 26.8 Å². The Morgan fingerprint density at radius 2 is 1.72 bits per heavy atom. The lowest BCUT2D eigenvalue weighted by atomic mass is 10.1. The summed E-state index contributed by atoms with van der Waals surface area (Å²) in [5, 5.41) is 6.49. The number of hydrogen-bond acceptors (Lipinski definition) is 4. The lowest BCUT2D eigenvalue weighted by Gasteiger charge is -2.22. The maximum absolute atomic E-state index is 12.4. The first-order valence-corrected chi connectivity index (χ1v) is 10.7. The molecule has 0 saturated carbocycles. The van der Waals surface area contributed by atoms with Gasteiger partial charge in [0.1, 0.15) is 11.4 Å². The highest BCUT2D eigenvalue weighted by molar-refractivity contribution is 6.19. The fourth-order valence-electron chi connectivity index (χ4n) is 3.38. The number of alkyl halides is 1. The molecule has 0 bridgehead atoms. The molecule has 2 rings (SSSR count). The Balaban J connectivity index is 2.54. The van der Waals surface area contributed by atoms with Crippen LogP contribution in [0.3, 0.4) is 0 Å². The molecule has 0 radical (unpaired) electrons. The molecule has 1 amide bonds. The second-order valence-electron chi connectivity index (χ2n) is 7.47. The summed E-state index contributed by atoms with van der Waals surface area (Å²) in [5.74, 6) is 1.24. The van der Waals surface area contributed by atoms with E-state index in [1.165, 1.54) is 5.56 Å². The molecule has 0 spiro atoms. The minimum absolute atomic E-state index is 0.166. The summed E-state index contributed by atoms with van der Waals surface area (Å²) in [6.07, 6.45) is 2.17. The van der Waals surface area contributed by atoms with Crippen molar-refractivity contribution in [1.82, 2.24) is 4.98 Å². The number of nitrogens with one attached hydrogen (secondary N) is 2. The molecule has 2 aromatic rings. The highest BCUT2D eigenvalue weighted by Gasteiger charge is 2.19. The highest BCUT2D eigenvalue weighted by atomic mass is 35.5. The molecule has 1 aromatic heterocycles. The third-order valence-corrected chi connectivity index (χ3v) is 5.04. The minimum atomic E-state index is -0.166. The van der Waals surface area contributed by atoms with Crippen LogP contribution < -0.4 is 15.4 Å². The largest absolute Gasteiger partial charge is 0.436 e. The van der Waals surface area contributed by atoms with Gasteiger partial charge >= 0.3 is 0 Å². The normalized spacial score (nSPS) is 10.9. The van der Waals surface area contributed by atoms with Crippen molar-refractivity contribution < 1.29 is 9.53 Å². The van der Waals surface area contributed by atoms with Crippen molar-refractivity contribution in [2.24, 2.45) is 0 Å². The second-order valence-corrected chi connectivity index (χ2v) is 7.84. The van der Waals surface area contributed by atoms with Crippen molar-refractivity contribution in [2.75, 3.05) is 16.5 Å². The quantitative estimate of drug-likeness (QED) is 0.471. The summed E-state index contributed by atoms with van der Waals surface area (Å²) in [6, 6.07) is 6.38. The van der Waals surface area contributed by atoms with E-state index in [1.54, 1.807) is 0 Å². The van der Waals surface area contributed by atoms with E-state index in [0.29, 0.717) is 11.6 Å². The molecule has 6 heteroatoms. The lowest BCUT2D eigenvalue weighted by Crippen LogP contribution is -2.20. The first-order valence-electron chi connectivity index (χ1n) is 10.2. The van der Waals surface area contributed by atoms with Crippen molar-refractivity contribution in [1.29, 1.82) is 0 Å². The molecule has 0 aliphatic rings. The predicted octanol–water partition coefficient (Wildman–Crippen LogP) is 6.28. The molecular formula is C23H32ClN3O2. The fourth-order valence-corrected chi connectivity index (χ4v) is 3.55. The number of ether oxygens (including phenoxy) is 1. The monoisotopic (exact) mass is 417 g/mol. The number of rotatable bonds is 9. The zero-order chi connectivity index (χ0) is 21.6. The van der Waals surface area contributed by atoms with Crippen LogP contribution in [0.1, 0.15) is 55.5 Å². The van der Waals surface area contributed by atoms with Crippen molar-refractivity contribution in [3.8, 4) is 11.6 Å². The third kappa shape index (κ3) is 6.10. The van der Waals surface area contributed by atoms with Gasteiger partial charge in [0.15, 0.2) is 0 Å². The van der Waals surface area contributed by atoms with Gasteiger partial charge in [-0.15, -0.1) is 11.6 Å². The van der Waals surface area contributed by atoms with Gasteiger partial charge in [-0.05, 0) is 57.7 Å². The van der Waals surface area contributed by atoms with Crippen LogP contribution in [0.4, 0.5) is 11.4 Å². The number of aromatic nitrogens is 1. The van der Waals surface area contributed by atoms with Gasteiger partial charge in [0.25, 0.3) is 0 Å². The van der Waals surface area contributed by atoms with Crippen LogP contribution in [0.2, 0.25) is 0 Å². The van der Waals surface area contributed by atoms with Gasteiger partial charge in [-0.2, -0.15) is 0 Å². The SMILES string of the molecule is CCC(CC)Nc1cc(C)nc(Oc2c(C)cc(C)cc2C)c1NC(=O)CCCl. The van der Waals surface area contributed by atoms with E-state index in [2.05, 4.69) is 48.5 Å². The van der Waals surface area contributed by atoms with Crippen LogP contribution in [-0.2, 0) is 4.79 Å². The molecule has 0 aliphatic heterocycles. The van der Waals surface area contributed by atoms with Crippen LogP contribution in [0.5, 0.6) is 11.6 Å². The van der Waals surface area contributed by atoms with Crippen molar-refractivity contribution in [2.45, 2.75) is 66.8 Å². The van der Waals surface area contributed by atoms with Crippen molar-refractivity contribution in [3.63, 3.8) is 0 Å². The number of hydrogen-bond donors (Lipinski definition) is 2. The zero-order valence-electron chi connectivity index (χ0n) is 18.3. The van der Waals surface area contributed by atoms with E-state index in [-0.39, 0.29) is 24.2 Å².